The zero-order valence-corrected chi connectivity index (χ0v) is 19.5. The van der Waals surface area contributed by atoms with Crippen molar-refractivity contribution in [1.82, 2.24) is 10.2 Å². The van der Waals surface area contributed by atoms with Crippen LogP contribution in [0.1, 0.15) is 55.6 Å². The second-order valence-corrected chi connectivity index (χ2v) is 9.36. The van der Waals surface area contributed by atoms with E-state index in [-0.39, 0.29) is 36.8 Å². The molecular formula is C27H32N2O5. The van der Waals surface area contributed by atoms with Gasteiger partial charge in [0, 0.05) is 38.4 Å². The summed E-state index contributed by atoms with van der Waals surface area (Å²) >= 11 is 0. The van der Waals surface area contributed by atoms with Gasteiger partial charge < -0.3 is 20.1 Å². The van der Waals surface area contributed by atoms with E-state index in [2.05, 4.69) is 29.6 Å². The molecule has 1 saturated carbocycles. The van der Waals surface area contributed by atoms with E-state index >= 15 is 0 Å². The van der Waals surface area contributed by atoms with Crippen LogP contribution >= 0.6 is 0 Å². The van der Waals surface area contributed by atoms with Crippen molar-refractivity contribution >= 4 is 18.0 Å². The van der Waals surface area contributed by atoms with Crippen molar-refractivity contribution in [3.8, 4) is 11.1 Å². The number of alkyl carbamates (subject to hydrolysis) is 1. The number of nitrogens with one attached hydrogen (secondary N) is 1. The largest absolute Gasteiger partial charge is 0.481 e. The Kier molecular flexibility index (Phi) is 7.50. The number of hydrogen-bond donors (Lipinski definition) is 2. The van der Waals surface area contributed by atoms with E-state index in [1.54, 1.807) is 11.9 Å². The number of carboxylic acid groups (broad SMARTS) is 1. The lowest BCUT2D eigenvalue weighted by molar-refractivity contribution is -0.138. The molecule has 0 aliphatic heterocycles. The summed E-state index contributed by atoms with van der Waals surface area (Å²) in [4.78, 5) is 37.2. The first-order valence-corrected chi connectivity index (χ1v) is 12.0. The number of benzene rings is 2. The van der Waals surface area contributed by atoms with Crippen molar-refractivity contribution in [3.63, 3.8) is 0 Å². The molecule has 0 spiro atoms. The molecule has 7 heteroatoms. The average molecular weight is 465 g/mol. The van der Waals surface area contributed by atoms with Gasteiger partial charge in [0.1, 0.15) is 6.61 Å². The highest BCUT2D eigenvalue weighted by Crippen LogP contribution is 2.44. The maximum Gasteiger partial charge on any atom is 0.407 e. The summed E-state index contributed by atoms with van der Waals surface area (Å²) in [5.41, 5.74) is 4.76. The van der Waals surface area contributed by atoms with Gasteiger partial charge in [-0.2, -0.15) is 0 Å². The molecule has 180 valence electrons. The molecule has 0 unspecified atom stereocenters. The molecule has 2 aromatic rings. The maximum absolute atomic E-state index is 12.5. The highest BCUT2D eigenvalue weighted by atomic mass is 16.5. The summed E-state index contributed by atoms with van der Waals surface area (Å²) < 4.78 is 5.65. The van der Waals surface area contributed by atoms with E-state index in [9.17, 15) is 14.4 Å². The van der Waals surface area contributed by atoms with Crippen LogP contribution in [-0.4, -0.2) is 54.2 Å². The number of aliphatic carboxylic acids is 1. The van der Waals surface area contributed by atoms with Gasteiger partial charge in [-0.3, -0.25) is 9.59 Å². The SMILES string of the molecule is CN(CCCC(=O)O)C(=O)C[C@H]1CC[C@@H](NC(=O)OCC2c3ccccc3-c3ccccc32)C1. The van der Waals surface area contributed by atoms with Crippen LogP contribution in [0.3, 0.4) is 0 Å². The molecule has 2 aliphatic carbocycles. The van der Waals surface area contributed by atoms with E-state index in [1.165, 1.54) is 22.3 Å². The molecule has 0 aromatic heterocycles. The van der Waals surface area contributed by atoms with Crippen molar-refractivity contribution in [2.45, 2.75) is 50.5 Å². The van der Waals surface area contributed by atoms with Gasteiger partial charge in [-0.1, -0.05) is 48.5 Å². The van der Waals surface area contributed by atoms with Crippen molar-refractivity contribution in [1.29, 1.82) is 0 Å². The van der Waals surface area contributed by atoms with Gasteiger partial charge in [0.2, 0.25) is 5.91 Å². The Bertz CT molecular complexity index is 1010. The third-order valence-corrected chi connectivity index (χ3v) is 6.98. The fourth-order valence-corrected chi connectivity index (χ4v) is 5.19. The molecule has 0 radical (unpaired) electrons. The summed E-state index contributed by atoms with van der Waals surface area (Å²) in [6, 6.07) is 16.5. The quantitative estimate of drug-likeness (QED) is 0.573. The second-order valence-electron chi connectivity index (χ2n) is 9.36. The molecule has 2 atom stereocenters. The standard InChI is InChI=1S/C27H32N2O5/c1-29(14-6-11-26(31)32)25(30)16-18-12-13-19(15-18)28-27(33)34-17-24-22-9-4-2-7-20(22)21-8-3-5-10-23(21)24/h2-5,7-10,18-19,24H,6,11-17H2,1H3,(H,28,33)(H,31,32)/t18-,19+/m0/s1. The van der Waals surface area contributed by atoms with Gasteiger partial charge in [-0.25, -0.2) is 4.79 Å². The lowest BCUT2D eigenvalue weighted by Crippen LogP contribution is -2.34. The van der Waals surface area contributed by atoms with Crippen molar-refractivity contribution in [2.75, 3.05) is 20.2 Å². The highest BCUT2D eigenvalue weighted by molar-refractivity contribution is 5.79. The van der Waals surface area contributed by atoms with Gasteiger partial charge in [0.05, 0.1) is 0 Å². The van der Waals surface area contributed by atoms with E-state index < -0.39 is 12.1 Å². The van der Waals surface area contributed by atoms with Crippen LogP contribution in [0.2, 0.25) is 0 Å². The number of fused-ring (bicyclic) bond motifs is 3. The van der Waals surface area contributed by atoms with Crippen LogP contribution in [0.25, 0.3) is 11.1 Å². The normalized spacial score (nSPS) is 18.7. The number of nitrogens with zero attached hydrogens (tertiary/aromatic N) is 1. The molecular weight excluding hydrogens is 432 g/mol. The Morgan fingerprint density at radius 2 is 1.68 bits per heavy atom. The van der Waals surface area contributed by atoms with Crippen molar-refractivity contribution in [3.05, 3.63) is 59.7 Å². The first kappa shape index (κ1) is 23.8. The maximum atomic E-state index is 12.5. The van der Waals surface area contributed by atoms with E-state index in [0.717, 1.165) is 19.3 Å². The summed E-state index contributed by atoms with van der Waals surface area (Å²) in [5.74, 6) is -0.576. The fraction of sp³-hybridized carbons (Fsp3) is 0.444. The Labute approximate surface area is 200 Å². The molecule has 4 rings (SSSR count). The number of carbonyl (C=O) groups excluding carboxylic acids is 2. The molecule has 2 amide bonds. The molecule has 7 nitrogen and oxygen atoms in total. The predicted octanol–water partition coefficient (Wildman–Crippen LogP) is 4.41. The summed E-state index contributed by atoms with van der Waals surface area (Å²) in [6.45, 7) is 0.731. The summed E-state index contributed by atoms with van der Waals surface area (Å²) in [6.07, 6.45) is 2.98. The lowest BCUT2D eigenvalue weighted by atomic mass is 9.98. The van der Waals surface area contributed by atoms with E-state index in [0.29, 0.717) is 19.4 Å². The van der Waals surface area contributed by atoms with E-state index in [1.807, 2.05) is 24.3 Å². The number of ether oxygens (including phenoxy) is 1. The van der Waals surface area contributed by atoms with Crippen LogP contribution in [0.5, 0.6) is 0 Å². The third-order valence-electron chi connectivity index (χ3n) is 6.98. The zero-order valence-electron chi connectivity index (χ0n) is 19.5. The monoisotopic (exact) mass is 464 g/mol. The Morgan fingerprint density at radius 1 is 1.03 bits per heavy atom. The Hall–Kier alpha value is -3.35. The highest BCUT2D eigenvalue weighted by Gasteiger charge is 2.31. The van der Waals surface area contributed by atoms with Crippen LogP contribution in [0.15, 0.2) is 48.5 Å². The summed E-state index contributed by atoms with van der Waals surface area (Å²) in [5, 5.41) is 11.7. The van der Waals surface area contributed by atoms with Gasteiger partial charge in [0.15, 0.2) is 0 Å². The Morgan fingerprint density at radius 3 is 2.32 bits per heavy atom. The topological polar surface area (TPSA) is 95.9 Å². The number of amides is 2. The van der Waals surface area contributed by atoms with Crippen LogP contribution in [0.4, 0.5) is 4.79 Å². The van der Waals surface area contributed by atoms with Crippen LogP contribution in [0, 0.1) is 5.92 Å². The van der Waals surface area contributed by atoms with Crippen LogP contribution < -0.4 is 5.32 Å². The minimum absolute atomic E-state index is 0.00534. The first-order valence-electron chi connectivity index (χ1n) is 12.0. The molecule has 2 aliphatic rings. The predicted molar refractivity (Wildman–Crippen MR) is 128 cm³/mol. The van der Waals surface area contributed by atoms with Gasteiger partial charge in [-0.15, -0.1) is 0 Å². The number of carboxylic acids is 1. The first-order chi connectivity index (χ1) is 16.4. The molecule has 2 N–H and O–H groups in total. The van der Waals surface area contributed by atoms with Gasteiger partial charge in [0.25, 0.3) is 0 Å². The molecule has 2 aromatic carbocycles. The molecule has 0 heterocycles. The van der Waals surface area contributed by atoms with Crippen LogP contribution in [-0.2, 0) is 14.3 Å². The summed E-state index contributed by atoms with van der Waals surface area (Å²) in [7, 11) is 1.71. The minimum Gasteiger partial charge on any atom is -0.481 e. The molecule has 0 bridgehead atoms. The molecule has 0 saturated heterocycles. The smallest absolute Gasteiger partial charge is 0.407 e. The number of hydrogen-bond acceptors (Lipinski definition) is 4. The van der Waals surface area contributed by atoms with Crippen molar-refractivity contribution in [2.24, 2.45) is 5.92 Å². The third kappa shape index (κ3) is 5.58. The van der Waals surface area contributed by atoms with Gasteiger partial charge in [-0.05, 0) is 53.9 Å². The van der Waals surface area contributed by atoms with Crippen molar-refractivity contribution < 1.29 is 24.2 Å². The molecule has 34 heavy (non-hydrogen) atoms. The average Bonchev–Trinajstić information content (AvgIpc) is 3.39. The number of rotatable bonds is 9. The lowest BCUT2D eigenvalue weighted by Gasteiger charge is -2.19. The zero-order chi connectivity index (χ0) is 24.1. The minimum atomic E-state index is -0.848. The Balaban J connectivity index is 1.23. The van der Waals surface area contributed by atoms with Gasteiger partial charge >= 0.3 is 12.1 Å². The van der Waals surface area contributed by atoms with E-state index in [4.69, 9.17) is 9.84 Å². The fourth-order valence-electron chi connectivity index (χ4n) is 5.19. The molecule has 1 fully saturated rings. The number of carbonyl (C=O) groups is 3. The second kappa shape index (κ2) is 10.7.